The van der Waals surface area contributed by atoms with Gasteiger partial charge in [-0.15, -0.1) is 0 Å². The van der Waals surface area contributed by atoms with Gasteiger partial charge in [0.05, 0.1) is 12.3 Å². The number of benzene rings is 2. The molecule has 2 aromatic carbocycles. The minimum Gasteiger partial charge on any atom is -0.482 e. The van der Waals surface area contributed by atoms with Crippen LogP contribution in [0.3, 0.4) is 0 Å². The van der Waals surface area contributed by atoms with E-state index in [0.29, 0.717) is 29.6 Å². The Labute approximate surface area is 228 Å². The maximum atomic E-state index is 11.8. The first kappa shape index (κ1) is 27.1. The number of nitrogens with one attached hydrogen (secondary N) is 2. The molecule has 3 aromatic rings. The van der Waals surface area contributed by atoms with Gasteiger partial charge in [0.2, 0.25) is 0 Å². The van der Waals surface area contributed by atoms with Crippen molar-refractivity contribution >= 4 is 34.7 Å². The number of hydrogen-bond donors (Lipinski definition) is 2. The number of hydrogen-bond acceptors (Lipinski definition) is 7. The Morgan fingerprint density at radius 3 is 2.63 bits per heavy atom. The first-order chi connectivity index (χ1) is 18.2. The fourth-order valence-electron chi connectivity index (χ4n) is 4.53. The first-order valence-electron chi connectivity index (χ1n) is 12.4. The van der Waals surface area contributed by atoms with Crippen molar-refractivity contribution in [2.75, 3.05) is 18.5 Å². The van der Waals surface area contributed by atoms with Gasteiger partial charge in [0.15, 0.2) is 11.7 Å². The van der Waals surface area contributed by atoms with Crippen molar-refractivity contribution in [3.8, 4) is 11.5 Å². The molecule has 9 heteroatoms. The van der Waals surface area contributed by atoms with E-state index in [1.807, 2.05) is 45.0 Å². The van der Waals surface area contributed by atoms with Crippen molar-refractivity contribution in [3.63, 3.8) is 0 Å². The monoisotopic (exact) mass is 532 g/mol. The molecule has 8 nitrogen and oxygen atoms in total. The average molecular weight is 533 g/mol. The topological polar surface area (TPSA) is 94.1 Å². The molecule has 1 aliphatic rings. The molecule has 0 bridgehead atoms. The van der Waals surface area contributed by atoms with Crippen molar-refractivity contribution in [1.82, 2.24) is 10.4 Å². The number of aryl methyl sites for hydroxylation is 3. The number of anilines is 1. The van der Waals surface area contributed by atoms with Crippen molar-refractivity contribution in [2.45, 2.75) is 46.6 Å². The number of aromatic nitrogens is 1. The number of nitrogens with zero attached hydrogens (tertiary/aromatic N) is 2. The number of esters is 1. The van der Waals surface area contributed by atoms with Crippen LogP contribution >= 0.6 is 12.2 Å². The van der Waals surface area contributed by atoms with Gasteiger partial charge < -0.3 is 19.5 Å². The normalized spacial score (nSPS) is 17.2. The largest absolute Gasteiger partial charge is 0.482 e. The number of hydrazone groups is 1. The van der Waals surface area contributed by atoms with E-state index in [1.54, 1.807) is 25.4 Å². The number of pyridine rings is 1. The predicted octanol–water partition coefficient (Wildman–Crippen LogP) is 5.34. The van der Waals surface area contributed by atoms with Crippen LogP contribution in [0.15, 0.2) is 60.0 Å². The Balaban J connectivity index is 1.62. The molecule has 2 N–H and O–H groups in total. The highest BCUT2D eigenvalue weighted by Crippen LogP contribution is 2.40. The van der Waals surface area contributed by atoms with Gasteiger partial charge in [-0.1, -0.05) is 23.8 Å². The maximum absolute atomic E-state index is 11.8. The van der Waals surface area contributed by atoms with Crippen LogP contribution in [0, 0.1) is 20.8 Å². The van der Waals surface area contributed by atoms with Crippen molar-refractivity contribution < 1.29 is 19.0 Å². The van der Waals surface area contributed by atoms with Crippen LogP contribution in [0.25, 0.3) is 0 Å². The van der Waals surface area contributed by atoms with Gasteiger partial charge >= 0.3 is 5.97 Å². The molecule has 4 rings (SSSR count). The van der Waals surface area contributed by atoms with Crippen molar-refractivity contribution in [3.05, 3.63) is 82.7 Å². The van der Waals surface area contributed by atoms with Crippen LogP contribution in [-0.2, 0) is 15.1 Å². The zero-order chi connectivity index (χ0) is 27.3. The number of carbonyl (C=O) groups excluding carboxylic acids is 1. The van der Waals surface area contributed by atoms with Gasteiger partial charge in [0, 0.05) is 35.6 Å². The standard InChI is InChI=1S/C29H32N4O4S/c1-6-35-26(34)17-36-22-9-10-25-23(14-22)24(15-29(5,37-25)21-8-7-11-30-16-21)32-33-28(38)31-27-19(3)12-18(2)13-20(27)4/h7-14,16H,6,15,17H2,1-5H3,(H2,31,33,38)/b32-24-/t29-/m0/s1. The molecular formula is C29H32N4O4S. The third kappa shape index (κ3) is 6.28. The number of ether oxygens (including phenoxy) is 3. The Morgan fingerprint density at radius 1 is 1.18 bits per heavy atom. The molecule has 1 aromatic heterocycles. The summed E-state index contributed by atoms with van der Waals surface area (Å²) in [5, 5.41) is 8.35. The second kappa shape index (κ2) is 11.6. The molecule has 38 heavy (non-hydrogen) atoms. The SMILES string of the molecule is CCOC(=O)COc1ccc2c(c1)/C(=N\NC(=S)Nc1c(C)cc(C)cc1C)C[C@@](C)(c1cccnc1)O2. The van der Waals surface area contributed by atoms with Crippen LogP contribution < -0.4 is 20.2 Å². The van der Waals surface area contributed by atoms with E-state index in [4.69, 9.17) is 31.5 Å². The first-order valence-corrected chi connectivity index (χ1v) is 12.8. The summed E-state index contributed by atoms with van der Waals surface area (Å²) in [5.41, 5.74) is 9.04. The fraction of sp³-hybridized carbons (Fsp3) is 0.310. The lowest BCUT2D eigenvalue weighted by Crippen LogP contribution is -2.38. The summed E-state index contributed by atoms with van der Waals surface area (Å²) in [4.78, 5) is 16.0. The van der Waals surface area contributed by atoms with E-state index >= 15 is 0 Å². The quantitative estimate of drug-likeness (QED) is 0.239. The average Bonchev–Trinajstić information content (AvgIpc) is 2.89. The summed E-state index contributed by atoms with van der Waals surface area (Å²) in [6.45, 7) is 10.0. The molecule has 0 unspecified atom stereocenters. The Bertz CT molecular complexity index is 1350. The van der Waals surface area contributed by atoms with E-state index in [1.165, 1.54) is 5.56 Å². The minimum atomic E-state index is -0.700. The van der Waals surface area contributed by atoms with Crippen LogP contribution in [0.5, 0.6) is 11.5 Å². The van der Waals surface area contributed by atoms with E-state index in [9.17, 15) is 4.79 Å². The molecule has 198 valence electrons. The van der Waals surface area contributed by atoms with Crippen LogP contribution in [0.4, 0.5) is 5.69 Å². The van der Waals surface area contributed by atoms with Gasteiger partial charge in [-0.2, -0.15) is 5.10 Å². The zero-order valence-corrected chi connectivity index (χ0v) is 23.1. The highest BCUT2D eigenvalue weighted by Gasteiger charge is 2.37. The van der Waals surface area contributed by atoms with Crippen LogP contribution in [-0.4, -0.2) is 35.0 Å². The zero-order valence-electron chi connectivity index (χ0n) is 22.3. The van der Waals surface area contributed by atoms with Gasteiger partial charge in [0.25, 0.3) is 0 Å². The lowest BCUT2D eigenvalue weighted by atomic mass is 9.86. The number of carbonyl (C=O) groups is 1. The lowest BCUT2D eigenvalue weighted by molar-refractivity contribution is -0.145. The van der Waals surface area contributed by atoms with E-state index in [2.05, 4.69) is 34.8 Å². The second-order valence-electron chi connectivity index (χ2n) is 9.40. The Morgan fingerprint density at radius 2 is 1.95 bits per heavy atom. The van der Waals surface area contributed by atoms with E-state index < -0.39 is 11.6 Å². The minimum absolute atomic E-state index is 0.186. The number of fused-ring (bicyclic) bond motifs is 1. The summed E-state index contributed by atoms with van der Waals surface area (Å²) in [5.74, 6) is 0.708. The molecule has 0 amide bonds. The maximum Gasteiger partial charge on any atom is 0.344 e. The third-order valence-corrected chi connectivity index (χ3v) is 6.44. The highest BCUT2D eigenvalue weighted by atomic mass is 32.1. The van der Waals surface area contributed by atoms with Crippen LogP contribution in [0.2, 0.25) is 0 Å². The molecule has 0 saturated carbocycles. The molecule has 0 saturated heterocycles. The van der Waals surface area contributed by atoms with Crippen LogP contribution in [0.1, 0.15) is 48.1 Å². The molecule has 0 aliphatic carbocycles. The second-order valence-corrected chi connectivity index (χ2v) is 9.81. The predicted molar refractivity (Wildman–Crippen MR) is 152 cm³/mol. The number of rotatable bonds is 7. The van der Waals surface area contributed by atoms with Gasteiger partial charge in [-0.25, -0.2) is 4.79 Å². The number of thiocarbonyl (C=S) groups is 1. The van der Waals surface area contributed by atoms with Gasteiger partial charge in [0.1, 0.15) is 17.1 Å². The van der Waals surface area contributed by atoms with Crippen molar-refractivity contribution in [2.24, 2.45) is 5.10 Å². The molecule has 1 atom stereocenters. The summed E-state index contributed by atoms with van der Waals surface area (Å²) in [7, 11) is 0. The molecular weight excluding hydrogens is 500 g/mol. The summed E-state index contributed by atoms with van der Waals surface area (Å²) >= 11 is 5.58. The van der Waals surface area contributed by atoms with Crippen molar-refractivity contribution in [1.29, 1.82) is 0 Å². The summed E-state index contributed by atoms with van der Waals surface area (Å²) in [6.07, 6.45) is 3.97. The molecule has 2 heterocycles. The lowest BCUT2D eigenvalue weighted by Gasteiger charge is -2.36. The smallest absolute Gasteiger partial charge is 0.344 e. The van der Waals surface area contributed by atoms with E-state index in [0.717, 1.165) is 33.7 Å². The fourth-order valence-corrected chi connectivity index (χ4v) is 4.67. The third-order valence-electron chi connectivity index (χ3n) is 6.24. The molecule has 1 aliphatic heterocycles. The van der Waals surface area contributed by atoms with E-state index in [-0.39, 0.29) is 6.61 Å². The van der Waals surface area contributed by atoms with Gasteiger partial charge in [-0.3, -0.25) is 10.4 Å². The summed E-state index contributed by atoms with van der Waals surface area (Å²) < 4.78 is 17.1. The molecule has 0 fully saturated rings. The summed E-state index contributed by atoms with van der Waals surface area (Å²) in [6, 6.07) is 13.5. The Kier molecular flexibility index (Phi) is 8.26. The molecule has 0 radical (unpaired) electrons. The molecule has 0 spiro atoms. The van der Waals surface area contributed by atoms with Gasteiger partial charge in [-0.05, 0) is 82.2 Å². The highest BCUT2D eigenvalue weighted by molar-refractivity contribution is 7.80. The Hall–Kier alpha value is -3.98.